The van der Waals surface area contributed by atoms with Gasteiger partial charge in [0, 0.05) is 23.5 Å². The van der Waals surface area contributed by atoms with Gasteiger partial charge >= 0.3 is 5.97 Å². The fourth-order valence-electron chi connectivity index (χ4n) is 4.44. The molecule has 1 aromatic carbocycles. The third-order valence-electron chi connectivity index (χ3n) is 5.66. The number of hydrogen-bond acceptors (Lipinski definition) is 6. The van der Waals surface area contributed by atoms with Gasteiger partial charge in [0.15, 0.2) is 17.4 Å². The molecule has 2 aliphatic heterocycles. The van der Waals surface area contributed by atoms with Crippen molar-refractivity contribution in [3.8, 4) is 5.75 Å². The van der Waals surface area contributed by atoms with Crippen molar-refractivity contribution in [2.45, 2.75) is 51.1 Å². The molecular weight excluding hydrogens is 352 g/mol. The number of fused-ring (bicyclic) bond motifs is 5. The van der Waals surface area contributed by atoms with Gasteiger partial charge in [0.1, 0.15) is 5.75 Å². The molecule has 4 unspecified atom stereocenters. The van der Waals surface area contributed by atoms with Crippen molar-refractivity contribution in [1.82, 2.24) is 0 Å². The van der Waals surface area contributed by atoms with Gasteiger partial charge in [0.2, 0.25) is 0 Å². The highest BCUT2D eigenvalue weighted by atomic mass is 16.7. The Bertz CT molecular complexity index is 900. The predicted molar refractivity (Wildman–Crippen MR) is 92.7 cm³/mol. The first kappa shape index (κ1) is 17.9. The number of carboxylic acid groups (broad SMARTS) is 1. The van der Waals surface area contributed by atoms with Gasteiger partial charge < -0.3 is 19.7 Å². The van der Waals surface area contributed by atoms with E-state index in [1.165, 1.54) is 6.08 Å². The van der Waals surface area contributed by atoms with E-state index < -0.39 is 23.6 Å². The van der Waals surface area contributed by atoms with Gasteiger partial charge in [-0.1, -0.05) is 13.8 Å². The number of carbonyl (C=O) groups excluding carboxylic acids is 2. The first-order chi connectivity index (χ1) is 12.8. The van der Waals surface area contributed by atoms with Crippen LogP contribution in [0.5, 0.6) is 5.75 Å². The molecule has 1 fully saturated rings. The van der Waals surface area contributed by atoms with Crippen LogP contribution in [0.25, 0.3) is 0 Å². The molecule has 2 N–H and O–H groups in total. The van der Waals surface area contributed by atoms with Crippen LogP contribution in [-0.2, 0) is 20.7 Å². The molecule has 3 aliphatic rings. The lowest BCUT2D eigenvalue weighted by Gasteiger charge is -2.51. The summed E-state index contributed by atoms with van der Waals surface area (Å²) in [6.45, 7) is 3.85. The van der Waals surface area contributed by atoms with Crippen LogP contribution in [0.4, 0.5) is 0 Å². The Balaban J connectivity index is 1.92. The summed E-state index contributed by atoms with van der Waals surface area (Å²) in [6.07, 6.45) is 1.85. The van der Waals surface area contributed by atoms with Gasteiger partial charge in [-0.25, -0.2) is 0 Å². The average Bonchev–Trinajstić information content (AvgIpc) is 2.60. The monoisotopic (exact) mass is 372 g/mol. The number of aliphatic carboxylic acids is 1. The van der Waals surface area contributed by atoms with Crippen LogP contribution in [0, 0.1) is 5.92 Å². The van der Waals surface area contributed by atoms with E-state index in [2.05, 4.69) is 0 Å². The first-order valence-electron chi connectivity index (χ1n) is 8.99. The summed E-state index contributed by atoms with van der Waals surface area (Å²) in [6, 6.07) is 1.57. The number of rotatable bonds is 3. The highest BCUT2D eigenvalue weighted by Gasteiger charge is 2.53. The second-order valence-electron chi connectivity index (χ2n) is 7.40. The highest BCUT2D eigenvalue weighted by molar-refractivity contribution is 6.23. The molecule has 2 bridgehead atoms. The zero-order valence-electron chi connectivity index (χ0n) is 15.0. The maximum atomic E-state index is 12.3. The summed E-state index contributed by atoms with van der Waals surface area (Å²) in [5.41, 5.74) is 1.16. The predicted octanol–water partition coefficient (Wildman–Crippen LogP) is 2.56. The number of allylic oxidation sites excluding steroid dienone is 2. The molecule has 0 amide bonds. The largest absolute Gasteiger partial charge is 0.507 e. The number of phenols is 1. The van der Waals surface area contributed by atoms with Crippen molar-refractivity contribution in [3.63, 3.8) is 0 Å². The summed E-state index contributed by atoms with van der Waals surface area (Å²) in [5, 5.41) is 20.2. The van der Waals surface area contributed by atoms with Gasteiger partial charge in [-0.15, -0.1) is 0 Å². The summed E-state index contributed by atoms with van der Waals surface area (Å²) >= 11 is 0. The van der Waals surface area contributed by atoms with E-state index in [9.17, 15) is 24.6 Å². The van der Waals surface area contributed by atoms with Crippen molar-refractivity contribution in [2.75, 3.05) is 0 Å². The van der Waals surface area contributed by atoms with Crippen LogP contribution in [-0.4, -0.2) is 39.6 Å². The molecule has 2 heterocycles. The third kappa shape index (κ3) is 2.61. The fraction of sp³-hybridized carbons (Fsp3) is 0.450. The van der Waals surface area contributed by atoms with Gasteiger partial charge in [0.05, 0.1) is 24.2 Å². The highest BCUT2D eigenvalue weighted by Crippen LogP contribution is 2.52. The van der Waals surface area contributed by atoms with Crippen molar-refractivity contribution < 1.29 is 34.1 Å². The van der Waals surface area contributed by atoms with Crippen LogP contribution in [0.1, 0.15) is 64.6 Å². The number of carbonyl (C=O) groups is 3. The van der Waals surface area contributed by atoms with E-state index in [1.54, 1.807) is 6.07 Å². The van der Waals surface area contributed by atoms with Crippen LogP contribution in [0.3, 0.4) is 0 Å². The molecule has 0 spiro atoms. The number of carboxylic acids is 1. The second kappa shape index (κ2) is 6.00. The van der Waals surface area contributed by atoms with Crippen molar-refractivity contribution in [2.24, 2.45) is 5.92 Å². The lowest BCUT2D eigenvalue weighted by atomic mass is 9.77. The van der Waals surface area contributed by atoms with E-state index in [-0.39, 0.29) is 47.5 Å². The van der Waals surface area contributed by atoms with E-state index in [1.807, 2.05) is 13.8 Å². The zero-order valence-corrected chi connectivity index (χ0v) is 15.0. The molecule has 1 saturated heterocycles. The molecular formula is C20H20O7. The minimum atomic E-state index is -1.35. The van der Waals surface area contributed by atoms with Crippen LogP contribution < -0.4 is 0 Å². The van der Waals surface area contributed by atoms with Crippen molar-refractivity contribution in [3.05, 3.63) is 40.5 Å². The molecule has 0 saturated carbocycles. The normalized spacial score (nSPS) is 31.4. The van der Waals surface area contributed by atoms with E-state index in [4.69, 9.17) is 9.47 Å². The second-order valence-corrected chi connectivity index (χ2v) is 7.40. The third-order valence-corrected chi connectivity index (χ3v) is 5.66. The maximum Gasteiger partial charge on any atom is 0.308 e. The lowest BCUT2D eigenvalue weighted by Crippen LogP contribution is -2.54. The molecule has 0 radical (unpaired) electrons. The molecule has 0 aromatic heterocycles. The smallest absolute Gasteiger partial charge is 0.308 e. The van der Waals surface area contributed by atoms with Gasteiger partial charge in [-0.3, -0.25) is 14.4 Å². The Morgan fingerprint density at radius 2 is 1.96 bits per heavy atom. The van der Waals surface area contributed by atoms with Gasteiger partial charge in [-0.05, 0) is 30.2 Å². The molecule has 7 heteroatoms. The van der Waals surface area contributed by atoms with Gasteiger partial charge in [-0.2, -0.15) is 0 Å². The number of aromatic hydroxyl groups is 1. The zero-order chi connectivity index (χ0) is 19.5. The number of hydrogen-bond donors (Lipinski definition) is 2. The quantitative estimate of drug-likeness (QED) is 0.839. The van der Waals surface area contributed by atoms with Crippen LogP contribution in [0.2, 0.25) is 0 Å². The Kier molecular flexibility index (Phi) is 3.98. The SMILES string of the molecule is CCC1OC2(CC(=O)O)Cc3cc4c(c(O)c3C(O2)C1C)C(=O)C=CC4=O. The van der Waals surface area contributed by atoms with E-state index in [0.29, 0.717) is 17.5 Å². The summed E-state index contributed by atoms with van der Waals surface area (Å²) in [5.74, 6) is -3.62. The topological polar surface area (TPSA) is 110 Å². The molecule has 4 atom stereocenters. The molecule has 7 nitrogen and oxygen atoms in total. The molecule has 1 aromatic rings. The number of ether oxygens (including phenoxy) is 2. The number of benzene rings is 1. The van der Waals surface area contributed by atoms with Crippen LogP contribution in [0.15, 0.2) is 18.2 Å². The molecule has 4 rings (SSSR count). The van der Waals surface area contributed by atoms with Crippen LogP contribution >= 0.6 is 0 Å². The van der Waals surface area contributed by atoms with Gasteiger partial charge in [0.25, 0.3) is 0 Å². The van der Waals surface area contributed by atoms with Crippen molar-refractivity contribution >= 4 is 17.5 Å². The number of ketones is 2. The minimum Gasteiger partial charge on any atom is -0.507 e. The molecule has 27 heavy (non-hydrogen) atoms. The Hall–Kier alpha value is -2.51. The van der Waals surface area contributed by atoms with E-state index >= 15 is 0 Å². The summed E-state index contributed by atoms with van der Waals surface area (Å²) in [4.78, 5) is 35.9. The minimum absolute atomic E-state index is 0.0117. The number of phenolic OH excluding ortho intramolecular Hbond substituents is 1. The Morgan fingerprint density at radius 3 is 2.63 bits per heavy atom. The summed E-state index contributed by atoms with van der Waals surface area (Å²) < 4.78 is 12.1. The fourth-order valence-corrected chi connectivity index (χ4v) is 4.44. The lowest BCUT2D eigenvalue weighted by molar-refractivity contribution is -0.345. The molecule has 142 valence electrons. The first-order valence-corrected chi connectivity index (χ1v) is 8.99. The molecule has 1 aliphatic carbocycles. The Labute approximate surface area is 155 Å². The Morgan fingerprint density at radius 1 is 1.26 bits per heavy atom. The standard InChI is InChI=1S/C20H20O7/c1-3-14-9(2)19-16-10(7-20(26-14,27-19)8-15(23)24)6-11-12(21)4-5-13(22)17(11)18(16)25/h4-6,9,14,19,25H,3,7-8H2,1-2H3,(H,23,24). The maximum absolute atomic E-state index is 12.3. The summed E-state index contributed by atoms with van der Waals surface area (Å²) in [7, 11) is 0. The van der Waals surface area contributed by atoms with E-state index in [0.717, 1.165) is 6.08 Å². The van der Waals surface area contributed by atoms with Crippen molar-refractivity contribution in [1.29, 1.82) is 0 Å². The average molecular weight is 372 g/mol.